The van der Waals surface area contributed by atoms with Gasteiger partial charge in [0.05, 0.1) is 13.2 Å². The topological polar surface area (TPSA) is 29.5 Å². The van der Waals surface area contributed by atoms with Crippen molar-refractivity contribution in [3.05, 3.63) is 0 Å². The Morgan fingerprint density at radius 3 is 2.93 bits per heavy atom. The summed E-state index contributed by atoms with van der Waals surface area (Å²) in [5, 5.41) is 0. The van der Waals surface area contributed by atoms with E-state index >= 15 is 0 Å². The number of piperidine rings is 1. The maximum absolute atomic E-state index is 11.1. The second-order valence-corrected chi connectivity index (χ2v) is 4.39. The minimum atomic E-state index is 0.375. The molecule has 0 aromatic rings. The Kier molecular flexibility index (Phi) is 5.12. The first-order chi connectivity index (χ1) is 6.68. The second kappa shape index (κ2) is 6.14. The Morgan fingerprint density at radius 1 is 1.50 bits per heavy atom. The van der Waals surface area contributed by atoms with Crippen molar-refractivity contribution in [1.82, 2.24) is 4.90 Å². The van der Waals surface area contributed by atoms with Gasteiger partial charge in [0, 0.05) is 19.6 Å². The first-order valence-corrected chi connectivity index (χ1v) is 5.50. The molecule has 0 amide bonds. The van der Waals surface area contributed by atoms with E-state index in [9.17, 15) is 4.79 Å². The average Bonchev–Trinajstić information content (AvgIpc) is 2.12. The van der Waals surface area contributed by atoms with Gasteiger partial charge in [-0.25, -0.2) is 0 Å². The molecule has 1 heterocycles. The molecule has 82 valence electrons. The normalized spacial score (nSPS) is 19.2. The minimum Gasteiger partial charge on any atom is -0.380 e. The van der Waals surface area contributed by atoms with Crippen molar-refractivity contribution in [3.8, 4) is 0 Å². The molecule has 0 unspecified atom stereocenters. The van der Waals surface area contributed by atoms with Gasteiger partial charge in [-0.05, 0) is 18.9 Å². The van der Waals surface area contributed by atoms with Crippen LogP contribution in [0.2, 0.25) is 0 Å². The number of Topliss-reactive ketones (excluding diaryl/α,β-unsaturated/α-hetero) is 1. The van der Waals surface area contributed by atoms with Crippen LogP contribution < -0.4 is 0 Å². The van der Waals surface area contributed by atoms with Gasteiger partial charge in [-0.15, -0.1) is 0 Å². The fourth-order valence-corrected chi connectivity index (χ4v) is 1.61. The van der Waals surface area contributed by atoms with E-state index in [2.05, 4.69) is 18.7 Å². The summed E-state index contributed by atoms with van der Waals surface area (Å²) >= 11 is 0. The minimum absolute atomic E-state index is 0.375. The van der Waals surface area contributed by atoms with Gasteiger partial charge in [-0.2, -0.15) is 0 Å². The summed E-state index contributed by atoms with van der Waals surface area (Å²) in [6.45, 7) is 8.45. The third kappa shape index (κ3) is 4.72. The lowest BCUT2D eigenvalue weighted by molar-refractivity contribution is -0.122. The van der Waals surface area contributed by atoms with Gasteiger partial charge in [0.15, 0.2) is 0 Å². The molecule has 0 atom stereocenters. The molecule has 0 aromatic heterocycles. The molecule has 0 aromatic carbocycles. The number of rotatable bonds is 5. The van der Waals surface area contributed by atoms with Gasteiger partial charge in [0.2, 0.25) is 0 Å². The van der Waals surface area contributed by atoms with Crippen LogP contribution in [0.25, 0.3) is 0 Å². The van der Waals surface area contributed by atoms with E-state index < -0.39 is 0 Å². The van der Waals surface area contributed by atoms with Crippen molar-refractivity contribution in [3.63, 3.8) is 0 Å². The van der Waals surface area contributed by atoms with Gasteiger partial charge < -0.3 is 4.74 Å². The standard InChI is InChI=1S/C11H21NO2/c1-10(2)9-14-7-6-12-5-3-4-11(13)8-12/h10H,3-9H2,1-2H3. The van der Waals surface area contributed by atoms with Gasteiger partial charge in [-0.1, -0.05) is 13.8 Å². The number of hydrogen-bond donors (Lipinski definition) is 0. The molecule has 14 heavy (non-hydrogen) atoms. The molecule has 0 bridgehead atoms. The molecule has 0 aliphatic carbocycles. The SMILES string of the molecule is CC(C)COCCN1CCCC(=O)C1. The number of ether oxygens (including phenoxy) is 1. The highest BCUT2D eigenvalue weighted by atomic mass is 16.5. The summed E-state index contributed by atoms with van der Waals surface area (Å²) in [5.74, 6) is 0.970. The zero-order valence-electron chi connectivity index (χ0n) is 9.29. The van der Waals surface area contributed by atoms with Crippen LogP contribution in [0.4, 0.5) is 0 Å². The molecular weight excluding hydrogens is 178 g/mol. The Labute approximate surface area is 86.4 Å². The van der Waals surface area contributed by atoms with Crippen LogP contribution in [0.1, 0.15) is 26.7 Å². The lowest BCUT2D eigenvalue weighted by Gasteiger charge is -2.25. The number of ketones is 1. The smallest absolute Gasteiger partial charge is 0.146 e. The maximum atomic E-state index is 11.1. The van der Waals surface area contributed by atoms with E-state index in [0.29, 0.717) is 18.2 Å². The molecule has 0 radical (unpaired) electrons. The monoisotopic (exact) mass is 199 g/mol. The molecule has 0 N–H and O–H groups in total. The first kappa shape index (κ1) is 11.7. The summed E-state index contributed by atoms with van der Waals surface area (Å²) in [5.41, 5.74) is 0. The molecule has 3 nitrogen and oxygen atoms in total. The molecule has 1 aliphatic rings. The average molecular weight is 199 g/mol. The number of likely N-dealkylation sites (tertiary alicyclic amines) is 1. The summed E-state index contributed by atoms with van der Waals surface area (Å²) in [7, 11) is 0. The predicted molar refractivity (Wildman–Crippen MR) is 56.3 cm³/mol. The van der Waals surface area contributed by atoms with Crippen LogP contribution in [0, 0.1) is 5.92 Å². The molecule has 1 saturated heterocycles. The van der Waals surface area contributed by atoms with Gasteiger partial charge in [0.1, 0.15) is 5.78 Å². The number of carbonyl (C=O) groups is 1. The Hall–Kier alpha value is -0.410. The van der Waals surface area contributed by atoms with E-state index in [1.807, 2.05) is 0 Å². The maximum Gasteiger partial charge on any atom is 0.146 e. The Bertz CT molecular complexity index is 180. The number of nitrogens with zero attached hydrogens (tertiary/aromatic N) is 1. The fourth-order valence-electron chi connectivity index (χ4n) is 1.61. The van der Waals surface area contributed by atoms with E-state index in [1.54, 1.807) is 0 Å². The quantitative estimate of drug-likeness (QED) is 0.625. The zero-order chi connectivity index (χ0) is 10.4. The van der Waals surface area contributed by atoms with E-state index in [-0.39, 0.29) is 0 Å². The van der Waals surface area contributed by atoms with Gasteiger partial charge in [0.25, 0.3) is 0 Å². The Balaban J connectivity index is 2.03. The predicted octanol–water partition coefficient (Wildman–Crippen LogP) is 1.32. The molecule has 1 aliphatic heterocycles. The van der Waals surface area contributed by atoms with E-state index in [4.69, 9.17) is 4.74 Å². The number of carbonyl (C=O) groups excluding carboxylic acids is 1. The first-order valence-electron chi connectivity index (χ1n) is 5.50. The second-order valence-electron chi connectivity index (χ2n) is 4.39. The highest BCUT2D eigenvalue weighted by Crippen LogP contribution is 2.05. The molecule has 1 fully saturated rings. The highest BCUT2D eigenvalue weighted by molar-refractivity contribution is 5.81. The third-order valence-corrected chi connectivity index (χ3v) is 2.33. The van der Waals surface area contributed by atoms with Crippen LogP contribution in [-0.4, -0.2) is 43.5 Å². The van der Waals surface area contributed by atoms with Crippen molar-refractivity contribution < 1.29 is 9.53 Å². The van der Waals surface area contributed by atoms with Crippen LogP contribution in [0.3, 0.4) is 0 Å². The summed E-state index contributed by atoms with van der Waals surface area (Å²) in [6.07, 6.45) is 1.78. The molecule has 1 rings (SSSR count). The molecular formula is C11H21NO2. The van der Waals surface area contributed by atoms with Crippen LogP contribution in [0.5, 0.6) is 0 Å². The van der Waals surface area contributed by atoms with Crippen LogP contribution >= 0.6 is 0 Å². The zero-order valence-corrected chi connectivity index (χ0v) is 9.29. The lowest BCUT2D eigenvalue weighted by atomic mass is 10.1. The summed E-state index contributed by atoms with van der Waals surface area (Å²) in [6, 6.07) is 0. The lowest BCUT2D eigenvalue weighted by Crippen LogP contribution is -2.37. The van der Waals surface area contributed by atoms with Crippen LogP contribution in [-0.2, 0) is 9.53 Å². The van der Waals surface area contributed by atoms with Crippen molar-refractivity contribution >= 4 is 5.78 Å². The van der Waals surface area contributed by atoms with E-state index in [0.717, 1.165) is 39.1 Å². The molecule has 0 saturated carbocycles. The number of hydrogen-bond acceptors (Lipinski definition) is 3. The van der Waals surface area contributed by atoms with Gasteiger partial charge >= 0.3 is 0 Å². The van der Waals surface area contributed by atoms with Crippen molar-refractivity contribution in [1.29, 1.82) is 0 Å². The Morgan fingerprint density at radius 2 is 2.29 bits per heavy atom. The third-order valence-electron chi connectivity index (χ3n) is 2.33. The largest absolute Gasteiger partial charge is 0.380 e. The van der Waals surface area contributed by atoms with Gasteiger partial charge in [-0.3, -0.25) is 9.69 Å². The summed E-state index contributed by atoms with van der Waals surface area (Å²) < 4.78 is 5.48. The summed E-state index contributed by atoms with van der Waals surface area (Å²) in [4.78, 5) is 13.3. The van der Waals surface area contributed by atoms with E-state index in [1.165, 1.54) is 0 Å². The van der Waals surface area contributed by atoms with Crippen molar-refractivity contribution in [2.24, 2.45) is 5.92 Å². The molecule has 0 spiro atoms. The van der Waals surface area contributed by atoms with Crippen molar-refractivity contribution in [2.75, 3.05) is 32.8 Å². The highest BCUT2D eigenvalue weighted by Gasteiger charge is 2.15. The fraction of sp³-hybridized carbons (Fsp3) is 0.909. The van der Waals surface area contributed by atoms with Crippen LogP contribution in [0.15, 0.2) is 0 Å². The molecule has 3 heteroatoms. The van der Waals surface area contributed by atoms with Crippen molar-refractivity contribution in [2.45, 2.75) is 26.7 Å².